The fourth-order valence-electron chi connectivity index (χ4n) is 1.44. The molecule has 16 heavy (non-hydrogen) atoms. The van der Waals surface area contributed by atoms with E-state index < -0.39 is 0 Å². The van der Waals surface area contributed by atoms with Gasteiger partial charge in [-0.3, -0.25) is 9.36 Å². The number of hydrogen-bond acceptors (Lipinski definition) is 4. The van der Waals surface area contributed by atoms with Crippen LogP contribution in [0.25, 0.3) is 0 Å². The van der Waals surface area contributed by atoms with Gasteiger partial charge in [0.15, 0.2) is 0 Å². The van der Waals surface area contributed by atoms with E-state index in [1.54, 1.807) is 22.5 Å². The molecule has 0 aliphatic heterocycles. The Morgan fingerprint density at radius 3 is 2.75 bits per heavy atom. The van der Waals surface area contributed by atoms with Crippen molar-refractivity contribution in [2.45, 2.75) is 19.5 Å². The minimum absolute atomic E-state index is 0.265. The van der Waals surface area contributed by atoms with Crippen molar-refractivity contribution in [2.75, 3.05) is 18.6 Å². The zero-order valence-corrected chi connectivity index (χ0v) is 10.2. The van der Waals surface area contributed by atoms with E-state index in [2.05, 4.69) is 0 Å². The predicted molar refractivity (Wildman–Crippen MR) is 67.0 cm³/mol. The first-order valence-electron chi connectivity index (χ1n) is 5.20. The molecule has 1 aromatic rings. The first kappa shape index (κ1) is 13.1. The van der Waals surface area contributed by atoms with Crippen molar-refractivity contribution in [3.63, 3.8) is 0 Å². The van der Waals surface area contributed by atoms with Crippen molar-refractivity contribution >= 4 is 11.8 Å². The SMILES string of the molecule is CSCCCn1ccc(=O)n(CCN)c1=O. The summed E-state index contributed by atoms with van der Waals surface area (Å²) in [6, 6.07) is 1.41. The van der Waals surface area contributed by atoms with Crippen LogP contribution in [0.3, 0.4) is 0 Å². The maximum atomic E-state index is 11.8. The monoisotopic (exact) mass is 243 g/mol. The summed E-state index contributed by atoms with van der Waals surface area (Å²) in [5.74, 6) is 1.00. The fraction of sp³-hybridized carbons (Fsp3) is 0.600. The highest BCUT2D eigenvalue weighted by molar-refractivity contribution is 7.98. The van der Waals surface area contributed by atoms with Gasteiger partial charge in [0, 0.05) is 31.9 Å². The van der Waals surface area contributed by atoms with Gasteiger partial charge in [-0.25, -0.2) is 4.79 Å². The molecule has 90 valence electrons. The van der Waals surface area contributed by atoms with Gasteiger partial charge in [-0.2, -0.15) is 11.8 Å². The Hall–Kier alpha value is -1.01. The minimum atomic E-state index is -0.281. The molecule has 0 bridgehead atoms. The lowest BCUT2D eigenvalue weighted by molar-refractivity contribution is 0.551. The quantitative estimate of drug-likeness (QED) is 0.698. The van der Waals surface area contributed by atoms with E-state index >= 15 is 0 Å². The lowest BCUT2D eigenvalue weighted by atomic mass is 10.4. The Bertz CT molecular complexity index is 438. The van der Waals surface area contributed by atoms with Crippen LogP contribution >= 0.6 is 11.8 Å². The number of rotatable bonds is 6. The zero-order valence-electron chi connectivity index (χ0n) is 9.39. The first-order chi connectivity index (χ1) is 7.70. The standard InChI is InChI=1S/C10H17N3O2S/c1-16-8-2-5-12-6-3-9(14)13(7-4-11)10(12)15/h3,6H,2,4-5,7-8,11H2,1H3. The van der Waals surface area contributed by atoms with Gasteiger partial charge in [0.2, 0.25) is 0 Å². The lowest BCUT2D eigenvalue weighted by Crippen LogP contribution is -2.40. The maximum absolute atomic E-state index is 11.8. The van der Waals surface area contributed by atoms with Crippen molar-refractivity contribution < 1.29 is 0 Å². The number of aryl methyl sites for hydroxylation is 1. The van der Waals surface area contributed by atoms with Gasteiger partial charge in [-0.15, -0.1) is 0 Å². The fourth-order valence-corrected chi connectivity index (χ4v) is 1.86. The molecule has 5 nitrogen and oxygen atoms in total. The second-order valence-electron chi connectivity index (χ2n) is 3.42. The summed E-state index contributed by atoms with van der Waals surface area (Å²) >= 11 is 1.74. The summed E-state index contributed by atoms with van der Waals surface area (Å²) in [5.41, 5.74) is 4.81. The van der Waals surface area contributed by atoms with Gasteiger partial charge in [0.25, 0.3) is 5.56 Å². The molecule has 2 N–H and O–H groups in total. The average molecular weight is 243 g/mol. The molecule has 0 saturated carbocycles. The third-order valence-electron chi connectivity index (χ3n) is 2.24. The van der Waals surface area contributed by atoms with Gasteiger partial charge in [0.1, 0.15) is 0 Å². The van der Waals surface area contributed by atoms with E-state index in [0.717, 1.165) is 12.2 Å². The van der Waals surface area contributed by atoms with E-state index in [4.69, 9.17) is 5.73 Å². The Morgan fingerprint density at radius 2 is 2.12 bits per heavy atom. The van der Waals surface area contributed by atoms with Gasteiger partial charge in [-0.05, 0) is 18.4 Å². The van der Waals surface area contributed by atoms with Crippen molar-refractivity contribution in [1.29, 1.82) is 0 Å². The van der Waals surface area contributed by atoms with E-state index in [1.165, 1.54) is 10.6 Å². The molecule has 0 saturated heterocycles. The molecular weight excluding hydrogens is 226 g/mol. The van der Waals surface area contributed by atoms with Crippen molar-refractivity contribution in [2.24, 2.45) is 5.73 Å². The second-order valence-corrected chi connectivity index (χ2v) is 4.40. The summed E-state index contributed by atoms with van der Waals surface area (Å²) < 4.78 is 2.74. The number of thioether (sulfide) groups is 1. The molecule has 0 spiro atoms. The normalized spacial score (nSPS) is 10.6. The topological polar surface area (TPSA) is 70.0 Å². The Kier molecular flexibility index (Phi) is 5.34. The predicted octanol–water partition coefficient (Wildman–Crippen LogP) is -0.278. The highest BCUT2D eigenvalue weighted by atomic mass is 32.2. The molecule has 0 aliphatic rings. The van der Waals surface area contributed by atoms with Crippen LogP contribution < -0.4 is 17.0 Å². The van der Waals surface area contributed by atoms with Gasteiger partial charge in [-0.1, -0.05) is 0 Å². The average Bonchev–Trinajstić information content (AvgIpc) is 2.28. The van der Waals surface area contributed by atoms with Crippen molar-refractivity contribution in [1.82, 2.24) is 9.13 Å². The highest BCUT2D eigenvalue weighted by Crippen LogP contribution is 1.96. The van der Waals surface area contributed by atoms with Crippen LogP contribution in [-0.4, -0.2) is 27.7 Å². The molecule has 0 atom stereocenters. The molecule has 0 amide bonds. The number of nitrogens with zero attached hydrogens (tertiary/aromatic N) is 2. The van der Waals surface area contributed by atoms with Gasteiger partial charge >= 0.3 is 5.69 Å². The minimum Gasteiger partial charge on any atom is -0.329 e. The third kappa shape index (κ3) is 3.24. The maximum Gasteiger partial charge on any atom is 0.331 e. The first-order valence-corrected chi connectivity index (χ1v) is 6.59. The zero-order chi connectivity index (χ0) is 12.0. The molecule has 0 fully saturated rings. The highest BCUT2D eigenvalue weighted by Gasteiger charge is 2.03. The van der Waals surface area contributed by atoms with Crippen LogP contribution in [0.15, 0.2) is 21.9 Å². The third-order valence-corrected chi connectivity index (χ3v) is 2.94. The molecule has 0 aliphatic carbocycles. The van der Waals surface area contributed by atoms with Crippen molar-refractivity contribution in [3.05, 3.63) is 33.1 Å². The number of aromatic nitrogens is 2. The smallest absolute Gasteiger partial charge is 0.329 e. The second kappa shape index (κ2) is 6.55. The molecule has 0 aromatic carbocycles. The van der Waals surface area contributed by atoms with Crippen LogP contribution in [0, 0.1) is 0 Å². The largest absolute Gasteiger partial charge is 0.331 e. The summed E-state index contributed by atoms with van der Waals surface area (Å²) in [4.78, 5) is 23.2. The van der Waals surface area contributed by atoms with Crippen LogP contribution in [-0.2, 0) is 13.1 Å². The molecular formula is C10H17N3O2S. The van der Waals surface area contributed by atoms with Crippen LogP contribution in [0.4, 0.5) is 0 Å². The molecule has 0 unspecified atom stereocenters. The van der Waals surface area contributed by atoms with E-state index in [9.17, 15) is 9.59 Å². The van der Waals surface area contributed by atoms with E-state index in [0.29, 0.717) is 13.1 Å². The summed E-state index contributed by atoms with van der Waals surface area (Å²) in [7, 11) is 0. The molecule has 1 rings (SSSR count). The Morgan fingerprint density at radius 1 is 1.38 bits per heavy atom. The van der Waals surface area contributed by atoms with E-state index in [-0.39, 0.29) is 17.8 Å². The van der Waals surface area contributed by atoms with Crippen LogP contribution in [0.2, 0.25) is 0 Å². The Balaban J connectivity index is 2.90. The number of hydrogen-bond donors (Lipinski definition) is 1. The molecule has 0 radical (unpaired) electrons. The molecule has 1 heterocycles. The lowest BCUT2D eigenvalue weighted by Gasteiger charge is -2.08. The van der Waals surface area contributed by atoms with Gasteiger partial charge < -0.3 is 10.3 Å². The van der Waals surface area contributed by atoms with Crippen molar-refractivity contribution in [3.8, 4) is 0 Å². The van der Waals surface area contributed by atoms with E-state index in [1.807, 2.05) is 6.26 Å². The van der Waals surface area contributed by atoms with Crippen LogP contribution in [0.5, 0.6) is 0 Å². The summed E-state index contributed by atoms with van der Waals surface area (Å²) in [6.45, 7) is 1.22. The molecule has 6 heteroatoms. The summed E-state index contributed by atoms with van der Waals surface area (Å²) in [5, 5.41) is 0. The number of nitrogens with two attached hydrogens (primary N) is 1. The van der Waals surface area contributed by atoms with Gasteiger partial charge in [0.05, 0.1) is 0 Å². The van der Waals surface area contributed by atoms with Crippen LogP contribution in [0.1, 0.15) is 6.42 Å². The summed E-state index contributed by atoms with van der Waals surface area (Å²) in [6.07, 6.45) is 4.50. The molecule has 1 aromatic heterocycles. The Labute approximate surface area is 98.3 Å².